The number of ether oxygens (including phenoxy) is 1. The zero-order valence-electron chi connectivity index (χ0n) is 22.1. The largest absolute Gasteiger partial charge is 0.497 e. The van der Waals surface area contributed by atoms with Gasteiger partial charge in [-0.05, 0) is 61.0 Å². The minimum Gasteiger partial charge on any atom is -0.497 e. The number of hydrogen-bond acceptors (Lipinski definition) is 5. The molecule has 0 radical (unpaired) electrons. The Morgan fingerprint density at radius 3 is 2.33 bits per heavy atom. The van der Waals surface area contributed by atoms with Crippen LogP contribution >= 0.6 is 11.3 Å². The van der Waals surface area contributed by atoms with Crippen LogP contribution in [0.2, 0.25) is 0 Å². The van der Waals surface area contributed by atoms with Gasteiger partial charge in [-0.2, -0.15) is 0 Å². The zero-order chi connectivity index (χ0) is 27.5. The molecule has 0 saturated carbocycles. The van der Waals surface area contributed by atoms with Gasteiger partial charge in [0.25, 0.3) is 0 Å². The van der Waals surface area contributed by atoms with Crippen LogP contribution in [0.25, 0.3) is 20.7 Å². The minimum atomic E-state index is -0.330. The van der Waals surface area contributed by atoms with Crippen LogP contribution in [-0.4, -0.2) is 29.4 Å². The summed E-state index contributed by atoms with van der Waals surface area (Å²) in [6.45, 7) is 2.78. The normalized spacial score (nSPS) is 11.3. The Bertz CT molecular complexity index is 1690. The summed E-state index contributed by atoms with van der Waals surface area (Å²) in [7, 11) is 3.64. The Balaban J connectivity index is 1.71. The van der Waals surface area contributed by atoms with Gasteiger partial charge < -0.3 is 9.30 Å². The summed E-state index contributed by atoms with van der Waals surface area (Å²) in [6, 6.07) is 24.4. The highest BCUT2D eigenvalue weighted by Gasteiger charge is 2.23. The zero-order valence-corrected chi connectivity index (χ0v) is 22.9. The lowest BCUT2D eigenvalue weighted by atomic mass is 10.0. The molecule has 0 aliphatic heterocycles. The second kappa shape index (κ2) is 11.4. The molecule has 0 fully saturated rings. The number of rotatable bonds is 9. The van der Waals surface area contributed by atoms with Crippen LogP contribution in [0.1, 0.15) is 34.0 Å². The number of ketones is 1. The number of methoxy groups -OCH3 is 1. The van der Waals surface area contributed by atoms with Gasteiger partial charge in [-0.1, -0.05) is 48.5 Å². The molecule has 0 amide bonds. The number of carbonyl (C=O) groups excluding carboxylic acids is 1. The average molecular weight is 541 g/mol. The molecule has 0 saturated heterocycles. The molecule has 198 valence electrons. The number of halogens is 1. The number of Topliss-reactive ketones (excluding diaryl/α,β-unsaturated/α-hetero) is 1. The van der Waals surface area contributed by atoms with E-state index in [1.807, 2.05) is 54.1 Å². The minimum absolute atomic E-state index is 0.102. The maximum absolute atomic E-state index is 14.7. The highest BCUT2D eigenvalue weighted by atomic mass is 32.1. The van der Waals surface area contributed by atoms with Gasteiger partial charge >= 0.3 is 0 Å². The van der Waals surface area contributed by atoms with Crippen molar-refractivity contribution in [1.29, 1.82) is 0 Å². The van der Waals surface area contributed by atoms with Gasteiger partial charge in [0, 0.05) is 29.7 Å². The molecule has 0 spiro atoms. The third-order valence-electron chi connectivity index (χ3n) is 6.76. The predicted molar refractivity (Wildman–Crippen MR) is 155 cm³/mol. The summed E-state index contributed by atoms with van der Waals surface area (Å²) in [5.74, 6) is 0.0917. The summed E-state index contributed by atoms with van der Waals surface area (Å²) in [4.78, 5) is 30.2. The fourth-order valence-corrected chi connectivity index (χ4v) is 6.11. The predicted octanol–water partition coefficient (Wildman–Crippen LogP) is 6.76. The van der Waals surface area contributed by atoms with Gasteiger partial charge in [0.1, 0.15) is 16.4 Å². The summed E-state index contributed by atoms with van der Waals surface area (Å²) in [5, 5.41) is 0.509. The van der Waals surface area contributed by atoms with E-state index in [9.17, 15) is 14.0 Å². The third kappa shape index (κ3) is 5.55. The van der Waals surface area contributed by atoms with Crippen LogP contribution in [0, 0.1) is 5.82 Å². The first-order valence-electron chi connectivity index (χ1n) is 12.7. The molecule has 0 N–H and O–H groups in total. The Morgan fingerprint density at radius 1 is 0.974 bits per heavy atom. The molecule has 0 atom stereocenters. The van der Waals surface area contributed by atoms with Crippen LogP contribution in [0.5, 0.6) is 5.75 Å². The number of pyridine rings is 1. The number of aromatic nitrogens is 1. The first-order chi connectivity index (χ1) is 18.9. The summed E-state index contributed by atoms with van der Waals surface area (Å²) in [6.07, 6.45) is 1.57. The fraction of sp³-hybridized carbons (Fsp3) is 0.188. The topological polar surface area (TPSA) is 51.5 Å². The standard InChI is InChI=1S/C32H29FN2O3S/c1-21(36)26-20-35(18-24-11-7-8-12-28(24)33)32-29(30(26)37)27(19-34(2)17-22-9-5-4-6-10-22)31(39-32)23-13-15-25(38-3)16-14-23/h4-16,20H,17-19H2,1-3H3. The average Bonchev–Trinajstić information content (AvgIpc) is 3.31. The van der Waals surface area contributed by atoms with Gasteiger partial charge in [-0.3, -0.25) is 14.5 Å². The quantitative estimate of drug-likeness (QED) is 0.194. The van der Waals surface area contributed by atoms with E-state index in [0.717, 1.165) is 27.3 Å². The Morgan fingerprint density at radius 2 is 1.67 bits per heavy atom. The second-order valence-electron chi connectivity index (χ2n) is 9.62. The number of nitrogens with zero attached hydrogens (tertiary/aromatic N) is 2. The van der Waals surface area contributed by atoms with Gasteiger partial charge in [0.05, 0.1) is 24.6 Å². The molecule has 0 unspecified atom stereocenters. The Labute approximate surface area is 230 Å². The molecule has 0 aliphatic carbocycles. The third-order valence-corrected chi connectivity index (χ3v) is 8.08. The van der Waals surface area contributed by atoms with Crippen LogP contribution in [-0.2, 0) is 19.6 Å². The number of hydrogen-bond donors (Lipinski definition) is 0. The molecule has 5 nitrogen and oxygen atoms in total. The summed E-state index contributed by atoms with van der Waals surface area (Å²) < 4.78 is 21.8. The molecular formula is C32H29FN2O3S. The van der Waals surface area contributed by atoms with Crippen LogP contribution in [0.4, 0.5) is 4.39 Å². The lowest BCUT2D eigenvalue weighted by Crippen LogP contribution is -2.21. The maximum atomic E-state index is 14.7. The number of fused-ring (bicyclic) bond motifs is 1. The van der Waals surface area contributed by atoms with Crippen molar-refractivity contribution in [3.8, 4) is 16.2 Å². The monoisotopic (exact) mass is 540 g/mol. The molecule has 2 aromatic heterocycles. The second-order valence-corrected chi connectivity index (χ2v) is 10.6. The summed E-state index contributed by atoms with van der Waals surface area (Å²) in [5.41, 5.74) is 3.26. The molecule has 7 heteroatoms. The Hall–Kier alpha value is -4.07. The van der Waals surface area contributed by atoms with E-state index in [1.165, 1.54) is 24.3 Å². The van der Waals surface area contributed by atoms with E-state index in [2.05, 4.69) is 17.0 Å². The first-order valence-corrected chi connectivity index (χ1v) is 13.5. The molecule has 5 aromatic rings. The van der Waals surface area contributed by atoms with Gasteiger partial charge in [-0.15, -0.1) is 11.3 Å². The molecule has 39 heavy (non-hydrogen) atoms. The van der Waals surface area contributed by atoms with Crippen molar-refractivity contribution in [1.82, 2.24) is 9.47 Å². The molecule has 3 aromatic carbocycles. The van der Waals surface area contributed by atoms with Crippen molar-refractivity contribution in [2.45, 2.75) is 26.6 Å². The highest BCUT2D eigenvalue weighted by molar-refractivity contribution is 7.22. The fourth-order valence-electron chi connectivity index (χ4n) is 4.82. The molecular weight excluding hydrogens is 511 g/mol. The van der Waals surface area contributed by atoms with Crippen LogP contribution < -0.4 is 10.2 Å². The lowest BCUT2D eigenvalue weighted by molar-refractivity contribution is 0.101. The smallest absolute Gasteiger partial charge is 0.201 e. The SMILES string of the molecule is COc1ccc(-c2sc3c(c2CN(C)Cc2ccccc2)c(=O)c(C(C)=O)cn3Cc2ccccc2F)cc1. The van der Waals surface area contributed by atoms with Crippen molar-refractivity contribution >= 4 is 27.3 Å². The molecule has 5 rings (SSSR count). The number of benzene rings is 3. The van der Waals surface area contributed by atoms with Gasteiger partial charge in [0.2, 0.25) is 5.43 Å². The van der Waals surface area contributed by atoms with Crippen molar-refractivity contribution in [2.24, 2.45) is 0 Å². The van der Waals surface area contributed by atoms with E-state index in [4.69, 9.17) is 4.74 Å². The van der Waals surface area contributed by atoms with Crippen LogP contribution in [0.15, 0.2) is 89.9 Å². The van der Waals surface area contributed by atoms with E-state index in [0.29, 0.717) is 28.9 Å². The first kappa shape index (κ1) is 26.5. The summed E-state index contributed by atoms with van der Waals surface area (Å²) >= 11 is 1.49. The maximum Gasteiger partial charge on any atom is 0.201 e. The van der Waals surface area contributed by atoms with Crippen LogP contribution in [0.3, 0.4) is 0 Å². The number of thiophene rings is 1. The molecule has 0 bridgehead atoms. The Kier molecular flexibility index (Phi) is 7.72. The molecule has 2 heterocycles. The van der Waals surface area contributed by atoms with E-state index < -0.39 is 0 Å². The van der Waals surface area contributed by atoms with Gasteiger partial charge in [-0.25, -0.2) is 4.39 Å². The van der Waals surface area contributed by atoms with E-state index in [-0.39, 0.29) is 29.1 Å². The van der Waals surface area contributed by atoms with E-state index >= 15 is 0 Å². The van der Waals surface area contributed by atoms with Crippen molar-refractivity contribution in [2.75, 3.05) is 14.2 Å². The lowest BCUT2D eigenvalue weighted by Gasteiger charge is -2.18. The highest BCUT2D eigenvalue weighted by Crippen LogP contribution is 2.39. The van der Waals surface area contributed by atoms with Crippen molar-refractivity contribution < 1.29 is 13.9 Å². The molecule has 0 aliphatic rings. The van der Waals surface area contributed by atoms with Gasteiger partial charge in [0.15, 0.2) is 5.78 Å². The van der Waals surface area contributed by atoms with Crippen molar-refractivity contribution in [3.63, 3.8) is 0 Å². The van der Waals surface area contributed by atoms with E-state index in [1.54, 1.807) is 31.5 Å². The van der Waals surface area contributed by atoms with Crippen molar-refractivity contribution in [3.05, 3.63) is 123 Å². The number of carbonyl (C=O) groups is 1.